The summed E-state index contributed by atoms with van der Waals surface area (Å²) in [6.45, 7) is 1.97. The van der Waals surface area contributed by atoms with Crippen molar-refractivity contribution in [1.29, 1.82) is 0 Å². The Balaban J connectivity index is 2.20. The molecule has 2 aromatic rings. The first kappa shape index (κ1) is 12.7. The lowest BCUT2D eigenvalue weighted by molar-refractivity contribution is 0.0689. The number of nitrogens with zero attached hydrogens (tertiary/aromatic N) is 3. The van der Waals surface area contributed by atoms with Crippen molar-refractivity contribution in [2.75, 3.05) is 7.11 Å². The van der Waals surface area contributed by atoms with Crippen molar-refractivity contribution < 1.29 is 14.6 Å². The average molecular weight is 273 g/mol. The molecule has 0 atom stereocenters. The van der Waals surface area contributed by atoms with E-state index in [2.05, 4.69) is 10.3 Å². The van der Waals surface area contributed by atoms with Gasteiger partial charge in [0.25, 0.3) is 0 Å². The summed E-state index contributed by atoms with van der Waals surface area (Å²) >= 11 is 0. The van der Waals surface area contributed by atoms with Crippen molar-refractivity contribution in [2.24, 2.45) is 0 Å². The summed E-state index contributed by atoms with van der Waals surface area (Å²) in [7, 11) is 1.58. The predicted molar refractivity (Wildman–Crippen MR) is 71.6 cm³/mol. The highest BCUT2D eigenvalue weighted by Gasteiger charge is 2.34. The van der Waals surface area contributed by atoms with Gasteiger partial charge in [0.15, 0.2) is 5.69 Å². The van der Waals surface area contributed by atoms with E-state index in [0.29, 0.717) is 11.4 Å². The molecule has 1 heterocycles. The van der Waals surface area contributed by atoms with Gasteiger partial charge in [-0.15, -0.1) is 5.10 Å². The van der Waals surface area contributed by atoms with E-state index >= 15 is 0 Å². The number of carbonyl (C=O) groups is 1. The van der Waals surface area contributed by atoms with Crippen LogP contribution in [-0.4, -0.2) is 33.2 Å². The molecule has 1 aliphatic carbocycles. The third kappa shape index (κ3) is 2.03. The first-order chi connectivity index (χ1) is 9.61. The van der Waals surface area contributed by atoms with Crippen molar-refractivity contribution in [1.82, 2.24) is 15.0 Å². The Morgan fingerprint density at radius 3 is 2.80 bits per heavy atom. The Bertz CT molecular complexity index is 674. The third-order valence-corrected chi connectivity index (χ3v) is 3.43. The minimum Gasteiger partial charge on any atom is -0.494 e. The topological polar surface area (TPSA) is 77.2 Å². The smallest absolute Gasteiger partial charge is 0.358 e. The molecule has 6 nitrogen and oxygen atoms in total. The maximum Gasteiger partial charge on any atom is 0.358 e. The monoisotopic (exact) mass is 273 g/mol. The number of methoxy groups -OCH3 is 1. The molecule has 1 fully saturated rings. The highest BCUT2D eigenvalue weighted by molar-refractivity contribution is 5.87. The molecular weight excluding hydrogens is 258 g/mol. The summed E-state index contributed by atoms with van der Waals surface area (Å²) < 4.78 is 6.95. The van der Waals surface area contributed by atoms with Gasteiger partial charge in [-0.3, -0.25) is 0 Å². The first-order valence-corrected chi connectivity index (χ1v) is 6.45. The van der Waals surface area contributed by atoms with Gasteiger partial charge in [0.2, 0.25) is 0 Å². The summed E-state index contributed by atoms with van der Waals surface area (Å²) in [5.41, 5.74) is 2.49. The van der Waals surface area contributed by atoms with Gasteiger partial charge in [-0.1, -0.05) is 11.3 Å². The number of aromatic nitrogens is 3. The highest BCUT2D eigenvalue weighted by atomic mass is 16.5. The first-order valence-electron chi connectivity index (χ1n) is 6.45. The van der Waals surface area contributed by atoms with Crippen LogP contribution >= 0.6 is 0 Å². The Hall–Kier alpha value is -2.37. The van der Waals surface area contributed by atoms with Crippen LogP contribution in [-0.2, 0) is 0 Å². The molecule has 20 heavy (non-hydrogen) atoms. The third-order valence-electron chi connectivity index (χ3n) is 3.43. The number of aromatic carboxylic acids is 1. The maximum absolute atomic E-state index is 11.3. The van der Waals surface area contributed by atoms with Gasteiger partial charge in [0.1, 0.15) is 11.4 Å². The van der Waals surface area contributed by atoms with Gasteiger partial charge < -0.3 is 9.84 Å². The Kier molecular flexibility index (Phi) is 2.93. The molecule has 0 radical (unpaired) electrons. The van der Waals surface area contributed by atoms with Gasteiger partial charge in [-0.25, -0.2) is 9.48 Å². The number of carboxylic acid groups (broad SMARTS) is 1. The number of ether oxygens (including phenoxy) is 1. The zero-order valence-electron chi connectivity index (χ0n) is 11.3. The Morgan fingerprint density at radius 1 is 1.45 bits per heavy atom. The van der Waals surface area contributed by atoms with Crippen molar-refractivity contribution >= 4 is 5.97 Å². The molecular formula is C14H15N3O3. The highest BCUT2D eigenvalue weighted by Crippen LogP contribution is 2.42. The lowest BCUT2D eigenvalue weighted by Gasteiger charge is -2.11. The van der Waals surface area contributed by atoms with Crippen LogP contribution in [0.5, 0.6) is 5.75 Å². The zero-order valence-corrected chi connectivity index (χ0v) is 11.3. The van der Waals surface area contributed by atoms with E-state index in [4.69, 9.17) is 4.74 Å². The van der Waals surface area contributed by atoms with Gasteiger partial charge in [-0.05, 0) is 37.5 Å². The number of hydrogen-bond acceptors (Lipinski definition) is 4. The maximum atomic E-state index is 11.3. The van der Waals surface area contributed by atoms with E-state index in [-0.39, 0.29) is 11.6 Å². The normalized spacial score (nSPS) is 14.3. The summed E-state index contributed by atoms with van der Waals surface area (Å²) in [6, 6.07) is 5.71. The molecule has 1 aromatic carbocycles. The molecule has 0 saturated heterocycles. The van der Waals surface area contributed by atoms with Crippen LogP contribution in [0.4, 0.5) is 0 Å². The van der Waals surface area contributed by atoms with Gasteiger partial charge in [0.05, 0.1) is 12.8 Å². The van der Waals surface area contributed by atoms with Crippen LogP contribution in [0.25, 0.3) is 5.69 Å². The molecule has 1 N–H and O–H groups in total. The number of aryl methyl sites for hydroxylation is 1. The van der Waals surface area contributed by atoms with E-state index in [1.54, 1.807) is 11.8 Å². The lowest BCUT2D eigenvalue weighted by atomic mass is 10.1. The van der Waals surface area contributed by atoms with Gasteiger partial charge >= 0.3 is 5.97 Å². The second-order valence-electron chi connectivity index (χ2n) is 4.99. The van der Waals surface area contributed by atoms with Crippen LogP contribution in [0.3, 0.4) is 0 Å². The summed E-state index contributed by atoms with van der Waals surface area (Å²) in [6.07, 6.45) is 1.95. The fraction of sp³-hybridized carbons (Fsp3) is 0.357. The summed E-state index contributed by atoms with van der Waals surface area (Å²) in [5, 5.41) is 17.1. The molecule has 1 aromatic heterocycles. The van der Waals surface area contributed by atoms with E-state index < -0.39 is 5.97 Å². The second-order valence-corrected chi connectivity index (χ2v) is 4.99. The summed E-state index contributed by atoms with van der Waals surface area (Å²) in [4.78, 5) is 11.3. The molecule has 1 saturated carbocycles. The van der Waals surface area contributed by atoms with Gasteiger partial charge in [0, 0.05) is 5.92 Å². The molecule has 1 aliphatic rings. The fourth-order valence-electron chi connectivity index (χ4n) is 2.31. The van der Waals surface area contributed by atoms with Crippen molar-refractivity contribution in [3.63, 3.8) is 0 Å². The Morgan fingerprint density at radius 2 is 2.20 bits per heavy atom. The van der Waals surface area contributed by atoms with Crippen LogP contribution in [0.15, 0.2) is 18.2 Å². The van der Waals surface area contributed by atoms with Crippen LogP contribution in [0.2, 0.25) is 0 Å². The van der Waals surface area contributed by atoms with Gasteiger partial charge in [-0.2, -0.15) is 0 Å². The van der Waals surface area contributed by atoms with E-state index in [9.17, 15) is 9.90 Å². The predicted octanol–water partition coefficient (Wildman–Crippen LogP) is 2.16. The number of rotatable bonds is 4. The van der Waals surface area contributed by atoms with Crippen molar-refractivity contribution in [2.45, 2.75) is 25.7 Å². The zero-order chi connectivity index (χ0) is 14.3. The van der Waals surface area contributed by atoms with E-state index in [0.717, 1.165) is 24.1 Å². The minimum absolute atomic E-state index is 0.0380. The fourth-order valence-corrected chi connectivity index (χ4v) is 2.31. The molecule has 0 bridgehead atoms. The molecule has 0 unspecified atom stereocenters. The molecule has 6 heteroatoms. The standard InChI is InChI=1S/C14H15N3O3/c1-8-3-6-11(20-2)10(7-8)17-13(9-4-5-9)12(14(18)19)15-16-17/h3,6-7,9H,4-5H2,1-2H3,(H,18,19). The SMILES string of the molecule is COc1ccc(C)cc1-n1nnc(C(=O)O)c1C1CC1. The van der Waals surface area contributed by atoms with Crippen LogP contribution in [0, 0.1) is 6.92 Å². The number of hydrogen-bond donors (Lipinski definition) is 1. The van der Waals surface area contributed by atoms with E-state index in [1.165, 1.54) is 0 Å². The molecule has 3 rings (SSSR count). The minimum atomic E-state index is -1.04. The molecule has 0 spiro atoms. The van der Waals surface area contributed by atoms with Crippen molar-refractivity contribution in [3.05, 3.63) is 35.2 Å². The van der Waals surface area contributed by atoms with Crippen LogP contribution < -0.4 is 4.74 Å². The summed E-state index contributed by atoms with van der Waals surface area (Å²) in [5.74, 6) is -0.162. The lowest BCUT2D eigenvalue weighted by Crippen LogP contribution is -2.07. The van der Waals surface area contributed by atoms with E-state index in [1.807, 2.05) is 25.1 Å². The quantitative estimate of drug-likeness (QED) is 0.923. The molecule has 104 valence electrons. The molecule has 0 aliphatic heterocycles. The van der Waals surface area contributed by atoms with Crippen molar-refractivity contribution in [3.8, 4) is 11.4 Å². The largest absolute Gasteiger partial charge is 0.494 e. The number of carboxylic acids is 1. The molecule has 0 amide bonds. The second kappa shape index (κ2) is 4.63. The number of benzene rings is 1. The Labute approximate surface area is 116 Å². The average Bonchev–Trinajstić information content (AvgIpc) is 3.16. The van der Waals surface area contributed by atoms with Crippen LogP contribution in [0.1, 0.15) is 40.5 Å².